The number of amides is 3. The van der Waals surface area contributed by atoms with E-state index < -0.39 is 41.3 Å². The number of aliphatic carboxylic acids is 1. The van der Waals surface area contributed by atoms with Crippen molar-refractivity contribution in [2.75, 3.05) is 17.6 Å². The van der Waals surface area contributed by atoms with E-state index in [0.29, 0.717) is 10.7 Å². The topological polar surface area (TPSA) is 171 Å². The van der Waals surface area contributed by atoms with Crippen LogP contribution in [0.3, 0.4) is 0 Å². The number of nitrogens with zero attached hydrogens (tertiary/aromatic N) is 4. The van der Waals surface area contributed by atoms with E-state index in [1.807, 2.05) is 0 Å². The van der Waals surface area contributed by atoms with E-state index in [9.17, 15) is 24.6 Å². The fourth-order valence-corrected chi connectivity index (χ4v) is 5.11. The summed E-state index contributed by atoms with van der Waals surface area (Å²) in [6.45, 7) is 0.0661. The van der Waals surface area contributed by atoms with E-state index in [2.05, 4.69) is 28.1 Å². The molecule has 4 atom stereocenters. The molecule has 5 N–H and O–H groups in total. The van der Waals surface area contributed by atoms with Crippen molar-refractivity contribution in [3.05, 3.63) is 40.7 Å². The number of nitrogen functional groups attached to an aromatic ring is 1. The summed E-state index contributed by atoms with van der Waals surface area (Å²) in [6.07, 6.45) is -0.638. The van der Waals surface area contributed by atoms with Gasteiger partial charge in [0.05, 0.1) is 6.54 Å². The number of benzene rings is 1. The van der Waals surface area contributed by atoms with Crippen LogP contribution in [0.15, 0.2) is 35.7 Å². The molecule has 168 valence electrons. The Morgan fingerprint density at radius 2 is 2.00 bits per heavy atom. The molecule has 15 heteroatoms. The molecule has 0 radical (unpaired) electrons. The van der Waals surface area contributed by atoms with E-state index in [1.165, 1.54) is 29.2 Å². The van der Waals surface area contributed by atoms with Gasteiger partial charge in [-0.15, -0.1) is 10.2 Å². The second-order valence-corrected chi connectivity index (χ2v) is 8.89. The van der Waals surface area contributed by atoms with E-state index in [4.69, 9.17) is 10.5 Å². The summed E-state index contributed by atoms with van der Waals surface area (Å²) in [4.78, 5) is 40.3. The third kappa shape index (κ3) is 3.81. The Morgan fingerprint density at radius 3 is 2.61 bits per heavy atom. The SMILES string of the molecule is Nc1nnc(C(S)C2=C(C(=O)O)N3C(=O)[C@@H]4[C@H]3[C@@H](CN4C(=O)Nc3ccc(O)cc3)O2)s1.[NaH]. The van der Waals surface area contributed by atoms with Gasteiger partial charge in [-0.1, -0.05) is 11.3 Å². The summed E-state index contributed by atoms with van der Waals surface area (Å²) >= 11 is 5.47. The van der Waals surface area contributed by atoms with Gasteiger partial charge in [0, 0.05) is 5.69 Å². The number of phenols is 1. The zero-order chi connectivity index (χ0) is 22.7. The number of carboxylic acids is 1. The van der Waals surface area contributed by atoms with Crippen LogP contribution in [0.1, 0.15) is 10.3 Å². The third-order valence-electron chi connectivity index (χ3n) is 5.48. The zero-order valence-corrected chi connectivity index (χ0v) is 17.8. The number of carboxylic acid groups (broad SMARTS) is 1. The van der Waals surface area contributed by atoms with Crippen molar-refractivity contribution >= 4 is 82.2 Å². The molecule has 0 saturated carbocycles. The quantitative estimate of drug-likeness (QED) is 0.167. The molecule has 1 aromatic carbocycles. The van der Waals surface area contributed by atoms with Gasteiger partial charge < -0.3 is 30.9 Å². The Bertz CT molecular complexity index is 1170. The van der Waals surface area contributed by atoms with Crippen LogP contribution in [-0.2, 0) is 14.3 Å². The van der Waals surface area contributed by atoms with E-state index in [-0.39, 0.29) is 58.4 Å². The average molecular weight is 500 g/mol. The molecule has 0 spiro atoms. The zero-order valence-electron chi connectivity index (χ0n) is 16.1. The van der Waals surface area contributed by atoms with E-state index in [0.717, 1.165) is 16.2 Å². The summed E-state index contributed by atoms with van der Waals surface area (Å²) in [5, 5.41) is 29.1. The van der Waals surface area contributed by atoms with Gasteiger partial charge in [0.15, 0.2) is 5.70 Å². The second-order valence-electron chi connectivity index (χ2n) is 7.33. The van der Waals surface area contributed by atoms with Gasteiger partial charge >= 0.3 is 41.6 Å². The van der Waals surface area contributed by atoms with Crippen molar-refractivity contribution in [3.63, 3.8) is 0 Å². The van der Waals surface area contributed by atoms with Crippen molar-refractivity contribution in [3.8, 4) is 5.75 Å². The molecular weight excluding hydrogens is 483 g/mol. The summed E-state index contributed by atoms with van der Waals surface area (Å²) < 4.78 is 5.98. The van der Waals surface area contributed by atoms with Gasteiger partial charge in [-0.2, -0.15) is 12.6 Å². The van der Waals surface area contributed by atoms with Gasteiger partial charge in [-0.3, -0.25) is 9.69 Å². The Hall–Kier alpha value is -2.52. The molecule has 2 fully saturated rings. The first-order chi connectivity index (χ1) is 15.3. The molecule has 0 bridgehead atoms. The van der Waals surface area contributed by atoms with Gasteiger partial charge in [0.25, 0.3) is 5.91 Å². The molecule has 1 aromatic heterocycles. The van der Waals surface area contributed by atoms with E-state index >= 15 is 0 Å². The first-order valence-electron chi connectivity index (χ1n) is 9.37. The number of aromatic nitrogens is 2. The molecule has 5 rings (SSSR count). The number of hydrogen-bond donors (Lipinski definition) is 5. The normalized spacial score (nSPS) is 23.8. The maximum atomic E-state index is 12.9. The van der Waals surface area contributed by atoms with Crippen molar-refractivity contribution < 1.29 is 29.3 Å². The minimum absolute atomic E-state index is 0. The molecule has 4 heterocycles. The Morgan fingerprint density at radius 1 is 1.30 bits per heavy atom. The number of hydrogen-bond acceptors (Lipinski definition) is 10. The number of rotatable bonds is 4. The minimum atomic E-state index is -1.35. The molecule has 0 aliphatic carbocycles. The van der Waals surface area contributed by atoms with Gasteiger partial charge in [0.2, 0.25) is 5.13 Å². The first kappa shape index (κ1) is 23.6. The van der Waals surface area contributed by atoms with Crippen LogP contribution in [0.2, 0.25) is 0 Å². The number of nitrogens with two attached hydrogens (primary N) is 1. The van der Waals surface area contributed by atoms with Crippen molar-refractivity contribution in [1.29, 1.82) is 0 Å². The number of nitrogens with one attached hydrogen (secondary N) is 1. The standard InChI is InChI=1S/C18H16N6O6S2.Na.H/c19-17-22-21-14(32-17)13(31)12-11(16(27)28)24-9-8(30-12)5-23(10(9)15(24)26)18(29)20-6-1-3-7(25)4-2-6;;/h1-4,8-10,13,25,31H,5H2,(H2,19,22)(H,20,29)(H,27,28);;/t8-,9-,10+,13?;;/m1../s1. The summed E-state index contributed by atoms with van der Waals surface area (Å²) in [5.41, 5.74) is 5.71. The molecule has 2 aromatic rings. The molecule has 3 amide bonds. The number of ether oxygens (including phenoxy) is 1. The number of thiol groups is 1. The number of urea groups is 1. The van der Waals surface area contributed by atoms with Crippen LogP contribution < -0.4 is 11.1 Å². The number of phenolic OH excluding ortho intramolecular Hbond substituents is 1. The van der Waals surface area contributed by atoms with Crippen LogP contribution >= 0.6 is 24.0 Å². The number of β-lactam (4-membered cyclic amide) rings is 1. The number of carbonyl (C=O) groups is 3. The van der Waals surface area contributed by atoms with Crippen molar-refractivity contribution in [1.82, 2.24) is 20.0 Å². The first-order valence-corrected chi connectivity index (χ1v) is 10.7. The fraction of sp³-hybridized carbons (Fsp3) is 0.278. The number of carbonyl (C=O) groups excluding carboxylic acids is 2. The second kappa shape index (κ2) is 8.68. The molecule has 2 saturated heterocycles. The molecule has 33 heavy (non-hydrogen) atoms. The van der Waals surface area contributed by atoms with Crippen LogP contribution in [0.5, 0.6) is 5.75 Å². The van der Waals surface area contributed by atoms with Crippen molar-refractivity contribution in [2.45, 2.75) is 23.4 Å². The third-order valence-corrected chi connectivity index (χ3v) is 6.95. The summed E-state index contributed by atoms with van der Waals surface area (Å²) in [7, 11) is 0. The van der Waals surface area contributed by atoms with Crippen LogP contribution in [0, 0.1) is 0 Å². The van der Waals surface area contributed by atoms with Gasteiger partial charge in [0.1, 0.15) is 40.0 Å². The maximum absolute atomic E-state index is 12.9. The van der Waals surface area contributed by atoms with Crippen LogP contribution in [0.25, 0.3) is 0 Å². The molecule has 3 aliphatic rings. The predicted octanol–water partition coefficient (Wildman–Crippen LogP) is -0.0296. The van der Waals surface area contributed by atoms with Gasteiger partial charge in [-0.05, 0) is 24.3 Å². The monoisotopic (exact) mass is 500 g/mol. The van der Waals surface area contributed by atoms with Crippen molar-refractivity contribution in [2.24, 2.45) is 0 Å². The fourth-order valence-electron chi connectivity index (χ4n) is 4.12. The Balaban J connectivity index is 0.00000259. The number of aromatic hydroxyl groups is 1. The Kier molecular flexibility index (Phi) is 6.22. The molecule has 1 unspecified atom stereocenters. The number of anilines is 2. The van der Waals surface area contributed by atoms with Crippen LogP contribution in [0.4, 0.5) is 15.6 Å². The molecular formula is C18H17N6NaO6S2. The average Bonchev–Trinajstić information content (AvgIpc) is 3.35. The summed E-state index contributed by atoms with van der Waals surface area (Å²) in [5.74, 6) is -1.87. The Labute approximate surface area is 218 Å². The predicted molar refractivity (Wildman–Crippen MR) is 121 cm³/mol. The summed E-state index contributed by atoms with van der Waals surface area (Å²) in [6, 6.07) is 3.87. The molecule has 12 nitrogen and oxygen atoms in total. The van der Waals surface area contributed by atoms with Gasteiger partial charge in [-0.25, -0.2) is 9.59 Å². The van der Waals surface area contributed by atoms with E-state index in [1.54, 1.807) is 0 Å². The molecule has 3 aliphatic heterocycles. The van der Waals surface area contributed by atoms with Crippen LogP contribution in [-0.4, -0.2) is 102 Å². The number of likely N-dealkylation sites (tertiary alicyclic amines) is 1.